The fraction of sp³-hybridized carbons (Fsp3) is 1.00. The molecule has 0 aliphatic carbocycles. The molecule has 0 aromatic carbocycles. The number of hydrogen-bond donors (Lipinski definition) is 1. The first-order valence-electron chi connectivity index (χ1n) is 4.32. The average molecular weight is 176 g/mol. The zero-order valence-corrected chi connectivity index (χ0v) is 7.55. The van der Waals surface area contributed by atoms with Crippen LogP contribution in [0.15, 0.2) is 0 Å². The topological polar surface area (TPSA) is 38.5 Å². The minimum Gasteiger partial charge on any atom is -0.384 e. The van der Waals surface area contributed by atoms with E-state index in [1.807, 2.05) is 0 Å². The summed E-state index contributed by atoms with van der Waals surface area (Å²) >= 11 is 0. The van der Waals surface area contributed by atoms with E-state index in [1.165, 1.54) is 0 Å². The van der Waals surface area contributed by atoms with E-state index in [2.05, 4.69) is 0 Å². The molecule has 0 amide bonds. The van der Waals surface area contributed by atoms with Crippen LogP contribution in [0.1, 0.15) is 12.8 Å². The summed E-state index contributed by atoms with van der Waals surface area (Å²) in [5, 5.41) is 0.851. The third-order valence-electron chi connectivity index (χ3n) is 2.65. The predicted molar refractivity (Wildman–Crippen MR) is 45.3 cm³/mol. The average Bonchev–Trinajstić information content (AvgIpc) is 2.10. The van der Waals surface area contributed by atoms with E-state index in [0.29, 0.717) is 26.2 Å². The molecule has 1 rings (SSSR count). The molecule has 0 unspecified atom stereocenters. The number of halogens is 1. The van der Waals surface area contributed by atoms with E-state index < -0.39 is 0 Å². The van der Waals surface area contributed by atoms with Gasteiger partial charge in [-0.25, -0.2) is 0 Å². The van der Waals surface area contributed by atoms with Gasteiger partial charge < -0.3 is 10.5 Å². The number of nitrogens with zero attached hydrogens (tertiary/aromatic N) is 1. The molecule has 72 valence electrons. The van der Waals surface area contributed by atoms with Gasteiger partial charge in [0.15, 0.2) is 0 Å². The molecule has 3 nitrogen and oxygen atoms in total. The Morgan fingerprint density at radius 2 is 2.08 bits per heavy atom. The highest BCUT2D eigenvalue weighted by Crippen LogP contribution is 2.30. The zero-order chi connectivity index (χ0) is 9.03. The number of rotatable bonds is 3. The standard InChI is InChI=1S/C8H17FN2O/c1-12-7-8(6-10)2-4-11(9)5-3-8/h2-7,10H2,1H3. The monoisotopic (exact) mass is 176 g/mol. The summed E-state index contributed by atoms with van der Waals surface area (Å²) < 4.78 is 17.7. The van der Waals surface area contributed by atoms with Gasteiger partial charge in [0, 0.05) is 32.2 Å². The second kappa shape index (κ2) is 4.16. The van der Waals surface area contributed by atoms with Crippen LogP contribution in [-0.2, 0) is 4.74 Å². The van der Waals surface area contributed by atoms with Crippen molar-refractivity contribution < 1.29 is 9.22 Å². The van der Waals surface area contributed by atoms with Gasteiger partial charge in [-0.05, 0) is 12.8 Å². The molecule has 1 fully saturated rings. The van der Waals surface area contributed by atoms with Gasteiger partial charge in [-0.2, -0.15) is 0 Å². The molecule has 1 aliphatic heterocycles. The molecule has 0 aromatic rings. The fourth-order valence-corrected chi connectivity index (χ4v) is 1.67. The third kappa shape index (κ3) is 2.15. The van der Waals surface area contributed by atoms with Crippen LogP contribution in [0.4, 0.5) is 4.48 Å². The van der Waals surface area contributed by atoms with E-state index in [4.69, 9.17) is 10.5 Å². The number of piperidine rings is 1. The van der Waals surface area contributed by atoms with E-state index in [1.54, 1.807) is 7.11 Å². The highest BCUT2D eigenvalue weighted by molar-refractivity contribution is 4.84. The number of methoxy groups -OCH3 is 1. The summed E-state index contributed by atoms with van der Waals surface area (Å²) in [6.45, 7) is 2.22. The van der Waals surface area contributed by atoms with Gasteiger partial charge in [0.2, 0.25) is 0 Å². The lowest BCUT2D eigenvalue weighted by Gasteiger charge is -2.37. The molecule has 12 heavy (non-hydrogen) atoms. The van der Waals surface area contributed by atoms with Crippen LogP contribution in [0.3, 0.4) is 0 Å². The largest absolute Gasteiger partial charge is 0.384 e. The third-order valence-corrected chi connectivity index (χ3v) is 2.65. The predicted octanol–water partition coefficient (Wildman–Crippen LogP) is 0.558. The van der Waals surface area contributed by atoms with Gasteiger partial charge in [-0.1, -0.05) is 0 Å². The molecule has 2 N–H and O–H groups in total. The first-order chi connectivity index (χ1) is 5.72. The normalized spacial score (nSPS) is 24.2. The second-order valence-corrected chi connectivity index (χ2v) is 3.55. The van der Waals surface area contributed by atoms with Crippen molar-refractivity contribution in [3.8, 4) is 0 Å². The number of hydrogen-bond acceptors (Lipinski definition) is 3. The lowest BCUT2D eigenvalue weighted by molar-refractivity contribution is -0.0539. The smallest absolute Gasteiger partial charge is 0.0531 e. The van der Waals surface area contributed by atoms with E-state index in [-0.39, 0.29) is 5.41 Å². The molecule has 0 aromatic heterocycles. The maximum absolute atomic E-state index is 12.7. The van der Waals surface area contributed by atoms with Crippen LogP contribution in [0, 0.1) is 5.41 Å². The van der Waals surface area contributed by atoms with Crippen LogP contribution >= 0.6 is 0 Å². The lowest BCUT2D eigenvalue weighted by Crippen LogP contribution is -2.43. The number of ether oxygens (including phenoxy) is 1. The van der Waals surface area contributed by atoms with Crippen LogP contribution in [0.5, 0.6) is 0 Å². The molecule has 0 atom stereocenters. The Bertz CT molecular complexity index is 135. The van der Waals surface area contributed by atoms with Gasteiger partial charge in [-0.3, -0.25) is 0 Å². The second-order valence-electron chi connectivity index (χ2n) is 3.55. The summed E-state index contributed by atoms with van der Waals surface area (Å²) in [5.74, 6) is 0. The Morgan fingerprint density at radius 1 is 1.50 bits per heavy atom. The van der Waals surface area contributed by atoms with Crippen LogP contribution in [-0.4, -0.2) is 38.5 Å². The summed E-state index contributed by atoms with van der Waals surface area (Å²) in [6.07, 6.45) is 1.60. The Labute approximate surface area is 72.6 Å². The minimum absolute atomic E-state index is 0.0251. The van der Waals surface area contributed by atoms with E-state index >= 15 is 0 Å². The van der Waals surface area contributed by atoms with E-state index in [0.717, 1.165) is 18.0 Å². The van der Waals surface area contributed by atoms with Gasteiger partial charge >= 0.3 is 0 Å². The van der Waals surface area contributed by atoms with Crippen molar-refractivity contribution >= 4 is 0 Å². The van der Waals surface area contributed by atoms with E-state index in [9.17, 15) is 4.48 Å². The highest BCUT2D eigenvalue weighted by atomic mass is 19.2. The highest BCUT2D eigenvalue weighted by Gasteiger charge is 2.33. The first kappa shape index (κ1) is 9.89. The van der Waals surface area contributed by atoms with Gasteiger partial charge in [0.1, 0.15) is 0 Å². The molecule has 1 saturated heterocycles. The maximum Gasteiger partial charge on any atom is 0.0531 e. The van der Waals surface area contributed by atoms with Crippen molar-refractivity contribution in [3.05, 3.63) is 0 Å². The molecular weight excluding hydrogens is 159 g/mol. The SMILES string of the molecule is COCC1(CN)CCN(F)CC1. The molecule has 0 spiro atoms. The quantitative estimate of drug-likeness (QED) is 0.638. The van der Waals surface area contributed by atoms with Crippen molar-refractivity contribution in [2.24, 2.45) is 11.1 Å². The van der Waals surface area contributed by atoms with Crippen molar-refractivity contribution in [2.45, 2.75) is 12.8 Å². The molecule has 0 saturated carbocycles. The molecule has 0 bridgehead atoms. The maximum atomic E-state index is 12.7. The lowest BCUT2D eigenvalue weighted by atomic mass is 9.80. The Morgan fingerprint density at radius 3 is 2.50 bits per heavy atom. The number of nitrogens with two attached hydrogens (primary N) is 1. The van der Waals surface area contributed by atoms with Gasteiger partial charge in [0.05, 0.1) is 6.61 Å². The molecule has 4 heteroatoms. The van der Waals surface area contributed by atoms with Crippen molar-refractivity contribution in [3.63, 3.8) is 0 Å². The molecule has 1 aliphatic rings. The fourth-order valence-electron chi connectivity index (χ4n) is 1.67. The molecular formula is C8H17FN2O. The van der Waals surface area contributed by atoms with Crippen LogP contribution in [0.25, 0.3) is 0 Å². The molecule has 0 radical (unpaired) electrons. The van der Waals surface area contributed by atoms with Gasteiger partial charge in [0.25, 0.3) is 0 Å². The minimum atomic E-state index is 0.0251. The van der Waals surface area contributed by atoms with Crippen molar-refractivity contribution in [2.75, 3.05) is 33.4 Å². The Hall–Kier alpha value is -0.190. The van der Waals surface area contributed by atoms with Crippen LogP contribution in [0.2, 0.25) is 0 Å². The van der Waals surface area contributed by atoms with Crippen molar-refractivity contribution in [1.29, 1.82) is 0 Å². The summed E-state index contributed by atoms with van der Waals surface area (Å²) in [7, 11) is 1.67. The Kier molecular flexibility index (Phi) is 3.43. The summed E-state index contributed by atoms with van der Waals surface area (Å²) in [6, 6.07) is 0. The first-order valence-corrected chi connectivity index (χ1v) is 4.32. The summed E-state index contributed by atoms with van der Waals surface area (Å²) in [5.41, 5.74) is 5.67. The van der Waals surface area contributed by atoms with Gasteiger partial charge in [-0.15, -0.1) is 9.60 Å². The van der Waals surface area contributed by atoms with Crippen molar-refractivity contribution in [1.82, 2.24) is 5.12 Å². The van der Waals surface area contributed by atoms with Crippen LogP contribution < -0.4 is 5.73 Å². The Balaban J connectivity index is 2.45. The zero-order valence-electron chi connectivity index (χ0n) is 7.55. The summed E-state index contributed by atoms with van der Waals surface area (Å²) in [4.78, 5) is 0. The molecule has 1 heterocycles.